The van der Waals surface area contributed by atoms with Crippen molar-refractivity contribution in [3.8, 4) is 0 Å². The third-order valence-electron chi connectivity index (χ3n) is 3.75. The van der Waals surface area contributed by atoms with Crippen molar-refractivity contribution in [2.75, 3.05) is 5.73 Å². The van der Waals surface area contributed by atoms with E-state index in [1.807, 2.05) is 6.92 Å². The number of carbonyl (C=O) groups excluding carboxylic acids is 1. The Morgan fingerprint density at radius 3 is 2.80 bits per heavy atom. The van der Waals surface area contributed by atoms with E-state index >= 15 is 0 Å². The lowest BCUT2D eigenvalue weighted by Crippen LogP contribution is -2.36. The molecule has 1 heterocycles. The number of nitrogens with one attached hydrogen (secondary N) is 1. The smallest absolute Gasteiger partial charge is 0.263 e. The number of halogens is 1. The minimum Gasteiger partial charge on any atom is -0.397 e. The summed E-state index contributed by atoms with van der Waals surface area (Å²) in [6.45, 7) is 6.16. The quantitative estimate of drug-likeness (QED) is 0.901. The molecule has 0 fully saturated rings. The molecule has 2 atom stereocenters. The van der Waals surface area contributed by atoms with Gasteiger partial charge in [0.2, 0.25) is 0 Å². The number of nitrogens with two attached hydrogens (primary N) is 1. The van der Waals surface area contributed by atoms with Crippen LogP contribution in [0.2, 0.25) is 0 Å². The summed E-state index contributed by atoms with van der Waals surface area (Å²) in [6, 6.07) is 4.48. The molecule has 1 aromatic heterocycles. The van der Waals surface area contributed by atoms with Crippen molar-refractivity contribution in [1.82, 2.24) is 5.32 Å². The van der Waals surface area contributed by atoms with Gasteiger partial charge < -0.3 is 11.1 Å². The zero-order valence-corrected chi connectivity index (χ0v) is 12.7. The van der Waals surface area contributed by atoms with E-state index in [1.165, 1.54) is 23.5 Å². The summed E-state index contributed by atoms with van der Waals surface area (Å²) < 4.78 is 14.1. The molecule has 2 rings (SSSR count). The monoisotopic (exact) mass is 294 g/mol. The molecule has 20 heavy (non-hydrogen) atoms. The number of benzene rings is 1. The summed E-state index contributed by atoms with van der Waals surface area (Å²) in [7, 11) is 0. The highest BCUT2D eigenvalue weighted by atomic mass is 32.1. The van der Waals surface area contributed by atoms with Crippen LogP contribution < -0.4 is 11.1 Å². The predicted octanol–water partition coefficient (Wildman–Crippen LogP) is 3.79. The third kappa shape index (κ3) is 2.77. The van der Waals surface area contributed by atoms with Gasteiger partial charge in [0.15, 0.2) is 0 Å². The Morgan fingerprint density at radius 1 is 1.45 bits per heavy atom. The fraction of sp³-hybridized carbons (Fsp3) is 0.400. The fourth-order valence-electron chi connectivity index (χ4n) is 2.03. The largest absolute Gasteiger partial charge is 0.397 e. The Kier molecular flexibility index (Phi) is 4.28. The molecule has 2 aromatic rings. The van der Waals surface area contributed by atoms with E-state index in [2.05, 4.69) is 19.2 Å². The molecule has 0 saturated heterocycles. The van der Waals surface area contributed by atoms with Crippen LogP contribution in [0.25, 0.3) is 10.1 Å². The summed E-state index contributed by atoms with van der Waals surface area (Å²) in [6.07, 6.45) is 0.995. The first-order chi connectivity index (χ1) is 9.43. The number of fused-ring (bicyclic) bond motifs is 1. The van der Waals surface area contributed by atoms with Crippen LogP contribution in [-0.4, -0.2) is 11.9 Å². The van der Waals surface area contributed by atoms with Crippen LogP contribution in [-0.2, 0) is 0 Å². The highest BCUT2D eigenvalue weighted by Crippen LogP contribution is 2.34. The van der Waals surface area contributed by atoms with Crippen molar-refractivity contribution >= 4 is 33.0 Å². The summed E-state index contributed by atoms with van der Waals surface area (Å²) in [4.78, 5) is 12.7. The number of hydrogen-bond acceptors (Lipinski definition) is 3. The molecule has 1 aromatic carbocycles. The number of carbonyl (C=O) groups is 1. The highest BCUT2D eigenvalue weighted by Gasteiger charge is 2.20. The fourth-order valence-corrected chi connectivity index (χ4v) is 3.03. The molecule has 0 aliphatic heterocycles. The van der Waals surface area contributed by atoms with Gasteiger partial charge in [0.25, 0.3) is 5.91 Å². The van der Waals surface area contributed by atoms with Crippen LogP contribution in [0, 0.1) is 11.7 Å². The number of rotatable bonds is 4. The maximum absolute atomic E-state index is 13.2. The summed E-state index contributed by atoms with van der Waals surface area (Å²) in [5.41, 5.74) is 6.34. The molecule has 2 unspecified atom stereocenters. The molecule has 3 nitrogen and oxygen atoms in total. The first kappa shape index (κ1) is 14.8. The molecule has 1 amide bonds. The van der Waals surface area contributed by atoms with Gasteiger partial charge in [-0.05, 0) is 31.0 Å². The van der Waals surface area contributed by atoms with Gasteiger partial charge >= 0.3 is 0 Å². The lowest BCUT2D eigenvalue weighted by molar-refractivity contribution is 0.0933. The maximum atomic E-state index is 13.2. The van der Waals surface area contributed by atoms with Crippen molar-refractivity contribution in [3.63, 3.8) is 0 Å². The van der Waals surface area contributed by atoms with Gasteiger partial charge in [-0.15, -0.1) is 11.3 Å². The van der Waals surface area contributed by atoms with Crippen LogP contribution >= 0.6 is 11.3 Å². The molecule has 0 aliphatic carbocycles. The average Bonchev–Trinajstić information content (AvgIpc) is 2.75. The van der Waals surface area contributed by atoms with Crippen molar-refractivity contribution in [1.29, 1.82) is 0 Å². The van der Waals surface area contributed by atoms with Crippen molar-refractivity contribution in [2.24, 2.45) is 5.92 Å². The Bertz CT molecular complexity index is 638. The molecule has 3 N–H and O–H groups in total. The van der Waals surface area contributed by atoms with Gasteiger partial charge in [0, 0.05) is 16.1 Å². The van der Waals surface area contributed by atoms with Crippen LogP contribution in [0.5, 0.6) is 0 Å². The molecule has 0 aliphatic rings. The van der Waals surface area contributed by atoms with E-state index in [-0.39, 0.29) is 17.8 Å². The zero-order chi connectivity index (χ0) is 14.9. The first-order valence-corrected chi connectivity index (χ1v) is 7.54. The first-order valence-electron chi connectivity index (χ1n) is 6.72. The van der Waals surface area contributed by atoms with Gasteiger partial charge in [-0.2, -0.15) is 0 Å². The van der Waals surface area contributed by atoms with Gasteiger partial charge in [-0.3, -0.25) is 4.79 Å². The van der Waals surface area contributed by atoms with Crippen molar-refractivity contribution in [2.45, 2.75) is 33.2 Å². The lowest BCUT2D eigenvalue weighted by atomic mass is 10.0. The third-order valence-corrected chi connectivity index (χ3v) is 4.94. The number of anilines is 1. The van der Waals surface area contributed by atoms with Crippen LogP contribution in [0.1, 0.15) is 36.9 Å². The molecule has 0 bridgehead atoms. The van der Waals surface area contributed by atoms with Crippen molar-refractivity contribution < 1.29 is 9.18 Å². The number of thiophene rings is 1. The summed E-state index contributed by atoms with van der Waals surface area (Å²) >= 11 is 1.30. The number of nitrogen functional groups attached to an aromatic ring is 1. The van der Waals surface area contributed by atoms with E-state index in [4.69, 9.17) is 5.73 Å². The second-order valence-corrected chi connectivity index (χ2v) is 6.19. The van der Waals surface area contributed by atoms with Crippen LogP contribution in [0.15, 0.2) is 18.2 Å². The van der Waals surface area contributed by atoms with E-state index in [9.17, 15) is 9.18 Å². The van der Waals surface area contributed by atoms with Gasteiger partial charge in [-0.25, -0.2) is 4.39 Å². The van der Waals surface area contributed by atoms with E-state index < -0.39 is 0 Å². The van der Waals surface area contributed by atoms with Crippen LogP contribution in [0.3, 0.4) is 0 Å². The molecule has 0 radical (unpaired) electrons. The van der Waals surface area contributed by atoms with Crippen molar-refractivity contribution in [3.05, 3.63) is 28.9 Å². The summed E-state index contributed by atoms with van der Waals surface area (Å²) in [5, 5.41) is 3.57. The summed E-state index contributed by atoms with van der Waals surface area (Å²) in [5.74, 6) is -0.133. The van der Waals surface area contributed by atoms with Gasteiger partial charge in [0.05, 0.1) is 5.69 Å². The minimum absolute atomic E-state index is 0.0776. The van der Waals surface area contributed by atoms with E-state index in [0.717, 1.165) is 11.1 Å². The normalized spacial score (nSPS) is 14.2. The Morgan fingerprint density at radius 2 is 2.15 bits per heavy atom. The Hall–Kier alpha value is -1.62. The lowest BCUT2D eigenvalue weighted by Gasteiger charge is -2.19. The van der Waals surface area contributed by atoms with E-state index in [0.29, 0.717) is 21.9 Å². The number of amides is 1. The highest BCUT2D eigenvalue weighted by molar-refractivity contribution is 7.21. The molecule has 5 heteroatoms. The zero-order valence-electron chi connectivity index (χ0n) is 11.9. The standard InChI is InChI=1S/C15H19FN2OS/c1-4-8(2)9(3)18-15(19)14-13(17)11-7-10(16)5-6-12(11)20-14/h5-9H,4,17H2,1-3H3,(H,18,19). The Labute approximate surface area is 122 Å². The predicted molar refractivity (Wildman–Crippen MR) is 82.6 cm³/mol. The van der Waals surface area contributed by atoms with Gasteiger partial charge in [0.1, 0.15) is 10.7 Å². The second kappa shape index (κ2) is 5.79. The maximum Gasteiger partial charge on any atom is 0.263 e. The topological polar surface area (TPSA) is 55.1 Å². The SMILES string of the molecule is CCC(C)C(C)NC(=O)c1sc2ccc(F)cc2c1N. The second-order valence-electron chi connectivity index (χ2n) is 5.13. The molecular weight excluding hydrogens is 275 g/mol. The van der Waals surface area contributed by atoms with Gasteiger partial charge in [-0.1, -0.05) is 20.3 Å². The molecule has 108 valence electrons. The van der Waals surface area contributed by atoms with Crippen LogP contribution in [0.4, 0.5) is 10.1 Å². The molecule has 0 spiro atoms. The Balaban J connectivity index is 2.29. The average molecular weight is 294 g/mol. The number of hydrogen-bond donors (Lipinski definition) is 2. The van der Waals surface area contributed by atoms with E-state index in [1.54, 1.807) is 6.07 Å². The minimum atomic E-state index is -0.345. The molecule has 0 saturated carbocycles. The molecular formula is C15H19FN2OS.